The van der Waals surface area contributed by atoms with E-state index >= 15 is 0 Å². The van der Waals surface area contributed by atoms with Gasteiger partial charge in [-0.3, -0.25) is 0 Å². The van der Waals surface area contributed by atoms with Gasteiger partial charge in [0, 0.05) is 17.5 Å². The van der Waals surface area contributed by atoms with Crippen molar-refractivity contribution in [2.45, 2.75) is 6.42 Å². The van der Waals surface area contributed by atoms with Crippen LogP contribution < -0.4 is 10.5 Å². The lowest BCUT2D eigenvalue weighted by atomic mass is 10.1. The standard InChI is InChI=1S/C12H11N3O2/c13-12-14-10-7-3-1-2-4-9(7)17-6-5-8(10)11(16)15-12/h1-4H,5-6H2,(H3,13,14,15,16). The molecule has 2 aromatic rings. The van der Waals surface area contributed by atoms with Crippen LogP contribution in [0.2, 0.25) is 0 Å². The topological polar surface area (TPSA) is 81.3 Å². The molecule has 5 nitrogen and oxygen atoms in total. The summed E-state index contributed by atoms with van der Waals surface area (Å²) in [5, 5.41) is 9.80. The van der Waals surface area contributed by atoms with Gasteiger partial charge in [0.05, 0.1) is 12.3 Å². The first-order valence-corrected chi connectivity index (χ1v) is 5.33. The molecule has 1 aliphatic heterocycles. The zero-order valence-electron chi connectivity index (χ0n) is 9.05. The lowest BCUT2D eigenvalue weighted by Crippen LogP contribution is -2.02. The van der Waals surface area contributed by atoms with Crippen molar-refractivity contribution in [2.24, 2.45) is 0 Å². The van der Waals surface area contributed by atoms with E-state index in [1.54, 1.807) is 0 Å². The maximum absolute atomic E-state index is 9.80. The Balaban J connectivity index is 2.32. The number of para-hydroxylation sites is 1. The Morgan fingerprint density at radius 2 is 2.06 bits per heavy atom. The molecule has 1 aromatic heterocycles. The van der Waals surface area contributed by atoms with Gasteiger partial charge in [0.1, 0.15) is 5.75 Å². The monoisotopic (exact) mass is 229 g/mol. The number of anilines is 1. The van der Waals surface area contributed by atoms with Gasteiger partial charge in [-0.25, -0.2) is 4.98 Å². The number of rotatable bonds is 0. The van der Waals surface area contributed by atoms with Crippen molar-refractivity contribution in [3.8, 4) is 22.9 Å². The van der Waals surface area contributed by atoms with Crippen LogP contribution in [0, 0.1) is 0 Å². The van der Waals surface area contributed by atoms with E-state index < -0.39 is 0 Å². The van der Waals surface area contributed by atoms with Gasteiger partial charge in [0.15, 0.2) is 0 Å². The number of nitrogens with zero attached hydrogens (tertiary/aromatic N) is 2. The molecule has 0 fully saturated rings. The largest absolute Gasteiger partial charge is 0.493 e. The van der Waals surface area contributed by atoms with Crippen LogP contribution in [0.1, 0.15) is 5.56 Å². The lowest BCUT2D eigenvalue weighted by Gasteiger charge is -2.08. The molecule has 0 saturated heterocycles. The molecule has 0 radical (unpaired) electrons. The highest BCUT2D eigenvalue weighted by atomic mass is 16.5. The van der Waals surface area contributed by atoms with Crippen molar-refractivity contribution < 1.29 is 9.84 Å². The number of benzene rings is 1. The number of ether oxygens (including phenoxy) is 1. The smallest absolute Gasteiger partial charge is 0.223 e. The molecule has 0 amide bonds. The van der Waals surface area contributed by atoms with Gasteiger partial charge in [-0.2, -0.15) is 4.98 Å². The van der Waals surface area contributed by atoms with E-state index in [9.17, 15) is 5.11 Å². The molecular weight excluding hydrogens is 218 g/mol. The highest BCUT2D eigenvalue weighted by molar-refractivity contribution is 5.72. The second-order valence-corrected chi connectivity index (χ2v) is 3.83. The highest BCUT2D eigenvalue weighted by Gasteiger charge is 2.20. The zero-order valence-corrected chi connectivity index (χ0v) is 9.05. The van der Waals surface area contributed by atoms with E-state index in [0.29, 0.717) is 24.3 Å². The molecule has 0 saturated carbocycles. The molecule has 0 bridgehead atoms. The molecule has 3 rings (SSSR count). The van der Waals surface area contributed by atoms with Gasteiger partial charge in [-0.1, -0.05) is 12.1 Å². The van der Waals surface area contributed by atoms with E-state index in [1.165, 1.54) is 0 Å². The highest BCUT2D eigenvalue weighted by Crippen LogP contribution is 2.36. The van der Waals surface area contributed by atoms with Crippen LogP contribution in [0.15, 0.2) is 24.3 Å². The third kappa shape index (κ3) is 1.56. The van der Waals surface area contributed by atoms with Crippen molar-refractivity contribution >= 4 is 5.95 Å². The summed E-state index contributed by atoms with van der Waals surface area (Å²) >= 11 is 0. The Morgan fingerprint density at radius 3 is 2.94 bits per heavy atom. The predicted octanol–water partition coefficient (Wildman–Crippen LogP) is 1.37. The average molecular weight is 229 g/mol. The summed E-state index contributed by atoms with van der Waals surface area (Å²) in [7, 11) is 0. The van der Waals surface area contributed by atoms with Crippen molar-refractivity contribution in [3.05, 3.63) is 29.8 Å². The Bertz CT molecular complexity index is 584. The van der Waals surface area contributed by atoms with E-state index in [1.807, 2.05) is 24.3 Å². The SMILES string of the molecule is Nc1nc(O)c2c(n1)-c1ccccc1OCC2. The molecule has 0 aliphatic carbocycles. The van der Waals surface area contributed by atoms with Crippen molar-refractivity contribution in [1.29, 1.82) is 0 Å². The summed E-state index contributed by atoms with van der Waals surface area (Å²) in [5.41, 5.74) is 7.75. The van der Waals surface area contributed by atoms with E-state index in [-0.39, 0.29) is 11.8 Å². The molecule has 2 heterocycles. The quantitative estimate of drug-likeness (QED) is 0.713. The number of hydrogen-bond donors (Lipinski definition) is 2. The Morgan fingerprint density at radius 1 is 1.24 bits per heavy atom. The fraction of sp³-hybridized carbons (Fsp3) is 0.167. The van der Waals surface area contributed by atoms with Gasteiger partial charge in [-0.15, -0.1) is 0 Å². The normalized spacial score (nSPS) is 13.2. The van der Waals surface area contributed by atoms with Crippen LogP contribution >= 0.6 is 0 Å². The second kappa shape index (κ2) is 3.62. The Labute approximate surface area is 97.9 Å². The third-order valence-electron chi connectivity index (χ3n) is 2.75. The Hall–Kier alpha value is -2.30. The molecule has 17 heavy (non-hydrogen) atoms. The minimum atomic E-state index is -0.0622. The van der Waals surface area contributed by atoms with Crippen LogP contribution in [-0.2, 0) is 6.42 Å². The van der Waals surface area contributed by atoms with E-state index in [2.05, 4.69) is 9.97 Å². The number of nitrogen functional groups attached to an aromatic ring is 1. The molecule has 1 aromatic carbocycles. The summed E-state index contributed by atoms with van der Waals surface area (Å²) in [4.78, 5) is 7.97. The van der Waals surface area contributed by atoms with Crippen LogP contribution in [-0.4, -0.2) is 21.7 Å². The van der Waals surface area contributed by atoms with Crippen molar-refractivity contribution in [1.82, 2.24) is 9.97 Å². The molecule has 5 heteroatoms. The molecule has 0 spiro atoms. The molecule has 0 atom stereocenters. The Kier molecular flexibility index (Phi) is 2.11. The van der Waals surface area contributed by atoms with Crippen LogP contribution in [0.3, 0.4) is 0 Å². The summed E-state index contributed by atoms with van der Waals surface area (Å²) in [6.45, 7) is 0.491. The van der Waals surface area contributed by atoms with E-state index in [0.717, 1.165) is 11.3 Å². The van der Waals surface area contributed by atoms with Gasteiger partial charge >= 0.3 is 0 Å². The minimum absolute atomic E-state index is 0.0622. The maximum atomic E-state index is 9.80. The predicted molar refractivity (Wildman–Crippen MR) is 62.7 cm³/mol. The minimum Gasteiger partial charge on any atom is -0.493 e. The second-order valence-electron chi connectivity index (χ2n) is 3.83. The van der Waals surface area contributed by atoms with Crippen LogP contribution in [0.5, 0.6) is 11.6 Å². The first kappa shape index (κ1) is 9.89. The van der Waals surface area contributed by atoms with Crippen molar-refractivity contribution in [3.63, 3.8) is 0 Å². The maximum Gasteiger partial charge on any atom is 0.223 e. The molecule has 1 aliphatic rings. The van der Waals surface area contributed by atoms with Crippen LogP contribution in [0.25, 0.3) is 11.3 Å². The number of hydrogen-bond acceptors (Lipinski definition) is 5. The average Bonchev–Trinajstić information content (AvgIpc) is 2.49. The fourth-order valence-corrected chi connectivity index (χ4v) is 1.99. The van der Waals surface area contributed by atoms with Gasteiger partial charge in [0.2, 0.25) is 11.8 Å². The molecule has 0 unspecified atom stereocenters. The van der Waals surface area contributed by atoms with Crippen LogP contribution in [0.4, 0.5) is 5.95 Å². The number of aromatic hydroxyl groups is 1. The van der Waals surface area contributed by atoms with Gasteiger partial charge in [0.25, 0.3) is 0 Å². The van der Waals surface area contributed by atoms with Gasteiger partial charge < -0.3 is 15.6 Å². The summed E-state index contributed by atoms with van der Waals surface area (Å²) < 4.78 is 5.61. The number of nitrogens with two attached hydrogens (primary N) is 1. The number of aromatic nitrogens is 2. The summed E-state index contributed by atoms with van der Waals surface area (Å²) in [6.07, 6.45) is 0.566. The zero-order chi connectivity index (χ0) is 11.8. The van der Waals surface area contributed by atoms with Gasteiger partial charge in [-0.05, 0) is 12.1 Å². The van der Waals surface area contributed by atoms with Crippen molar-refractivity contribution in [2.75, 3.05) is 12.3 Å². The summed E-state index contributed by atoms with van der Waals surface area (Å²) in [6, 6.07) is 7.56. The first-order valence-electron chi connectivity index (χ1n) is 5.33. The fourth-order valence-electron chi connectivity index (χ4n) is 1.99. The third-order valence-corrected chi connectivity index (χ3v) is 2.75. The summed E-state index contributed by atoms with van der Waals surface area (Å²) in [5.74, 6) is 0.759. The molecular formula is C12H11N3O2. The molecule has 86 valence electrons. The number of fused-ring (bicyclic) bond motifs is 3. The first-order chi connectivity index (χ1) is 8.25. The lowest BCUT2D eigenvalue weighted by molar-refractivity contribution is 0.323. The van der Waals surface area contributed by atoms with E-state index in [4.69, 9.17) is 10.5 Å². The molecule has 3 N–H and O–H groups in total.